The van der Waals surface area contributed by atoms with Crippen molar-refractivity contribution in [2.45, 2.75) is 6.04 Å². The fraction of sp³-hybridized carbons (Fsp3) is 1.00. The zero-order valence-corrected chi connectivity index (χ0v) is 11.7. The van der Waals surface area contributed by atoms with Gasteiger partial charge in [0.25, 0.3) is 9.24 Å². The van der Waals surface area contributed by atoms with Gasteiger partial charge in [0.1, 0.15) is 0 Å². The Morgan fingerprint density at radius 2 is 1.59 bits per heavy atom. The second-order valence-electron chi connectivity index (χ2n) is 3.94. The van der Waals surface area contributed by atoms with Crippen molar-refractivity contribution in [2.75, 3.05) is 53.6 Å². The van der Waals surface area contributed by atoms with Crippen LogP contribution in [0.25, 0.3) is 0 Å². The van der Waals surface area contributed by atoms with E-state index in [9.17, 15) is 8.42 Å². The molecular weight excluding hydrogens is 268 g/mol. The minimum Gasteiger partial charge on any atom is -0.383 e. The molecular formula is C9H19ClN2O4S. The first-order valence-corrected chi connectivity index (χ1v) is 7.67. The fourth-order valence-corrected chi connectivity index (χ4v) is 2.94. The van der Waals surface area contributed by atoms with E-state index in [0.29, 0.717) is 39.4 Å². The number of ether oxygens (including phenoxy) is 2. The number of nitrogens with zero attached hydrogens (tertiary/aromatic N) is 2. The summed E-state index contributed by atoms with van der Waals surface area (Å²) >= 11 is 0. The van der Waals surface area contributed by atoms with Crippen LogP contribution in [0.3, 0.4) is 0 Å². The lowest BCUT2D eigenvalue weighted by Gasteiger charge is -2.37. The SMILES string of the molecule is COCC(COC)N1CCN(S(=O)(=O)Cl)CC1. The van der Waals surface area contributed by atoms with E-state index >= 15 is 0 Å². The molecule has 0 aliphatic carbocycles. The highest BCUT2D eigenvalue weighted by Crippen LogP contribution is 2.13. The van der Waals surface area contributed by atoms with Crippen LogP contribution < -0.4 is 0 Å². The molecule has 1 heterocycles. The zero-order chi connectivity index (χ0) is 12.9. The molecule has 0 saturated carbocycles. The number of hydrogen-bond acceptors (Lipinski definition) is 5. The monoisotopic (exact) mass is 286 g/mol. The van der Waals surface area contributed by atoms with Crippen LogP contribution in [0.15, 0.2) is 0 Å². The van der Waals surface area contributed by atoms with Crippen molar-refractivity contribution in [1.29, 1.82) is 0 Å². The molecule has 0 spiro atoms. The molecule has 6 nitrogen and oxygen atoms in total. The summed E-state index contributed by atoms with van der Waals surface area (Å²) in [7, 11) is 4.99. The molecule has 102 valence electrons. The van der Waals surface area contributed by atoms with Crippen LogP contribution in [0.2, 0.25) is 0 Å². The van der Waals surface area contributed by atoms with Crippen LogP contribution >= 0.6 is 10.7 Å². The van der Waals surface area contributed by atoms with Gasteiger partial charge in [0.05, 0.1) is 19.3 Å². The van der Waals surface area contributed by atoms with Gasteiger partial charge in [0.2, 0.25) is 0 Å². The van der Waals surface area contributed by atoms with Gasteiger partial charge in [-0.15, -0.1) is 0 Å². The number of methoxy groups -OCH3 is 2. The van der Waals surface area contributed by atoms with Crippen LogP contribution in [-0.2, 0) is 18.7 Å². The molecule has 1 aliphatic heterocycles. The summed E-state index contributed by atoms with van der Waals surface area (Å²) in [6.45, 7) is 3.25. The summed E-state index contributed by atoms with van der Waals surface area (Å²) in [5.41, 5.74) is 0. The average molecular weight is 287 g/mol. The van der Waals surface area contributed by atoms with E-state index in [2.05, 4.69) is 4.90 Å². The van der Waals surface area contributed by atoms with E-state index in [1.165, 1.54) is 4.31 Å². The summed E-state index contributed by atoms with van der Waals surface area (Å²) in [6, 6.07) is 0.158. The van der Waals surface area contributed by atoms with Crippen LogP contribution in [0.1, 0.15) is 0 Å². The molecule has 0 amide bonds. The van der Waals surface area contributed by atoms with Crippen molar-refractivity contribution in [3.8, 4) is 0 Å². The fourth-order valence-electron chi connectivity index (χ4n) is 1.93. The summed E-state index contributed by atoms with van der Waals surface area (Å²) in [6.07, 6.45) is 0. The summed E-state index contributed by atoms with van der Waals surface area (Å²) in [4.78, 5) is 2.16. The second kappa shape index (κ2) is 6.86. The third-order valence-corrected chi connectivity index (χ3v) is 4.38. The van der Waals surface area contributed by atoms with Gasteiger partial charge in [-0.25, -0.2) is 0 Å². The van der Waals surface area contributed by atoms with Gasteiger partial charge < -0.3 is 9.47 Å². The maximum atomic E-state index is 11.1. The lowest BCUT2D eigenvalue weighted by molar-refractivity contribution is 0.0219. The van der Waals surface area contributed by atoms with Gasteiger partial charge in [-0.05, 0) is 0 Å². The lowest BCUT2D eigenvalue weighted by Crippen LogP contribution is -2.53. The Morgan fingerprint density at radius 3 is 1.94 bits per heavy atom. The molecule has 8 heteroatoms. The summed E-state index contributed by atoms with van der Waals surface area (Å²) < 4.78 is 33.8. The van der Waals surface area contributed by atoms with E-state index in [4.69, 9.17) is 20.2 Å². The third kappa shape index (κ3) is 4.69. The quantitative estimate of drug-likeness (QED) is 0.630. The Bertz CT molecular complexity index is 311. The molecule has 17 heavy (non-hydrogen) atoms. The van der Waals surface area contributed by atoms with Crippen LogP contribution in [-0.4, -0.2) is 77.3 Å². The van der Waals surface area contributed by atoms with Gasteiger partial charge >= 0.3 is 0 Å². The maximum absolute atomic E-state index is 11.1. The van der Waals surface area contributed by atoms with Crippen molar-refractivity contribution < 1.29 is 17.9 Å². The summed E-state index contributed by atoms with van der Waals surface area (Å²) in [5, 5.41) is 0. The molecule has 1 fully saturated rings. The Labute approximate surface area is 107 Å². The number of halogens is 1. The minimum absolute atomic E-state index is 0.158. The second-order valence-corrected chi connectivity index (χ2v) is 6.45. The normalized spacial score (nSPS) is 20.0. The Kier molecular flexibility index (Phi) is 6.11. The van der Waals surface area contributed by atoms with E-state index in [-0.39, 0.29) is 6.04 Å². The first-order chi connectivity index (χ1) is 7.99. The molecule has 0 atom stereocenters. The number of rotatable bonds is 6. The van der Waals surface area contributed by atoms with Gasteiger partial charge in [-0.1, -0.05) is 0 Å². The van der Waals surface area contributed by atoms with Crippen molar-refractivity contribution >= 4 is 19.9 Å². The van der Waals surface area contributed by atoms with Crippen molar-refractivity contribution in [1.82, 2.24) is 9.21 Å². The Hall–Kier alpha value is 0.0800. The predicted molar refractivity (Wildman–Crippen MR) is 65.5 cm³/mol. The van der Waals surface area contributed by atoms with Gasteiger partial charge in [0.15, 0.2) is 0 Å². The van der Waals surface area contributed by atoms with Crippen molar-refractivity contribution in [3.05, 3.63) is 0 Å². The van der Waals surface area contributed by atoms with Gasteiger partial charge in [0, 0.05) is 51.1 Å². The molecule has 0 aromatic carbocycles. The number of hydrogen-bond donors (Lipinski definition) is 0. The molecule has 0 bridgehead atoms. The van der Waals surface area contributed by atoms with Crippen molar-refractivity contribution in [3.63, 3.8) is 0 Å². The van der Waals surface area contributed by atoms with Crippen LogP contribution in [0.4, 0.5) is 0 Å². The van der Waals surface area contributed by atoms with Gasteiger partial charge in [-0.2, -0.15) is 12.7 Å². The molecule has 0 radical (unpaired) electrons. The Morgan fingerprint density at radius 1 is 1.12 bits per heavy atom. The standard InChI is InChI=1S/C9H19ClN2O4S/c1-15-7-9(8-16-2)11-3-5-12(6-4-11)17(10,13)14/h9H,3-8H2,1-2H3. The smallest absolute Gasteiger partial charge is 0.299 e. The Balaban J connectivity index is 2.49. The van der Waals surface area contributed by atoms with E-state index in [1.807, 2.05) is 0 Å². The zero-order valence-electron chi connectivity index (χ0n) is 10.1. The molecule has 0 aromatic heterocycles. The molecule has 1 saturated heterocycles. The van der Waals surface area contributed by atoms with Gasteiger partial charge in [-0.3, -0.25) is 4.90 Å². The molecule has 1 aliphatic rings. The largest absolute Gasteiger partial charge is 0.383 e. The highest BCUT2D eigenvalue weighted by Gasteiger charge is 2.28. The van der Waals surface area contributed by atoms with Crippen molar-refractivity contribution in [2.24, 2.45) is 0 Å². The average Bonchev–Trinajstić information content (AvgIpc) is 2.28. The lowest BCUT2D eigenvalue weighted by atomic mass is 10.2. The first kappa shape index (κ1) is 15.1. The summed E-state index contributed by atoms with van der Waals surface area (Å²) in [5.74, 6) is 0. The number of piperazine rings is 1. The highest BCUT2D eigenvalue weighted by molar-refractivity contribution is 8.11. The first-order valence-electron chi connectivity index (χ1n) is 5.40. The van der Waals surface area contributed by atoms with Crippen LogP contribution in [0.5, 0.6) is 0 Å². The molecule has 0 N–H and O–H groups in total. The van der Waals surface area contributed by atoms with Crippen LogP contribution in [0, 0.1) is 0 Å². The molecule has 0 aromatic rings. The molecule has 1 rings (SSSR count). The van der Waals surface area contributed by atoms with E-state index < -0.39 is 9.24 Å². The molecule has 0 unspecified atom stereocenters. The maximum Gasteiger partial charge on any atom is 0.299 e. The van der Waals surface area contributed by atoms with E-state index in [0.717, 1.165) is 0 Å². The highest BCUT2D eigenvalue weighted by atomic mass is 35.7. The third-order valence-electron chi connectivity index (χ3n) is 2.82. The minimum atomic E-state index is -3.58. The topological polar surface area (TPSA) is 59.1 Å². The van der Waals surface area contributed by atoms with E-state index in [1.54, 1.807) is 14.2 Å². The predicted octanol–water partition coefficient (Wildman–Crippen LogP) is -0.251.